The predicted octanol–water partition coefficient (Wildman–Crippen LogP) is 5.04. The number of aliphatic hydroxyl groups is 1. The van der Waals surface area contributed by atoms with Crippen molar-refractivity contribution >= 4 is 46.4 Å². The van der Waals surface area contributed by atoms with Gasteiger partial charge in [0.05, 0.1) is 22.2 Å². The lowest BCUT2D eigenvalue weighted by Crippen LogP contribution is -2.48. The molecule has 1 fully saturated rings. The van der Waals surface area contributed by atoms with E-state index >= 15 is 0 Å². The highest BCUT2D eigenvalue weighted by molar-refractivity contribution is 6.42. The van der Waals surface area contributed by atoms with Crippen LogP contribution in [0.3, 0.4) is 0 Å². The SMILES string of the molecule is CCNc1cc(C(=O)N[C@@H](Cc2ccccc2)[C@H](O)CNCc2cccc(Cl)c2Cl)cc(N2CCCC2=O)c1. The molecule has 3 aromatic carbocycles. The molecule has 39 heavy (non-hydrogen) atoms. The Balaban J connectivity index is 1.51. The van der Waals surface area contributed by atoms with Crippen LogP contribution in [0.15, 0.2) is 66.7 Å². The molecule has 0 spiro atoms. The molecule has 1 aliphatic rings. The zero-order valence-electron chi connectivity index (χ0n) is 21.9. The Bertz CT molecular complexity index is 1290. The second kappa shape index (κ2) is 13.8. The number of nitrogens with one attached hydrogen (secondary N) is 3. The average molecular weight is 570 g/mol. The van der Waals surface area contributed by atoms with E-state index in [-0.39, 0.29) is 18.4 Å². The van der Waals surface area contributed by atoms with Crippen molar-refractivity contribution < 1.29 is 14.7 Å². The molecule has 4 rings (SSSR count). The summed E-state index contributed by atoms with van der Waals surface area (Å²) >= 11 is 12.4. The highest BCUT2D eigenvalue weighted by Gasteiger charge is 2.26. The monoisotopic (exact) mass is 568 g/mol. The lowest BCUT2D eigenvalue weighted by atomic mass is 10.00. The molecule has 3 aromatic rings. The zero-order valence-corrected chi connectivity index (χ0v) is 23.4. The van der Waals surface area contributed by atoms with Gasteiger partial charge in [-0.15, -0.1) is 0 Å². The summed E-state index contributed by atoms with van der Waals surface area (Å²) in [6.07, 6.45) is 0.859. The van der Waals surface area contributed by atoms with Crippen LogP contribution in [-0.4, -0.2) is 48.7 Å². The maximum atomic E-state index is 13.5. The number of halogens is 2. The fraction of sp³-hybridized carbons (Fsp3) is 0.333. The number of carbonyl (C=O) groups excluding carboxylic acids is 2. The van der Waals surface area contributed by atoms with Gasteiger partial charge >= 0.3 is 0 Å². The first-order valence-electron chi connectivity index (χ1n) is 13.2. The van der Waals surface area contributed by atoms with E-state index < -0.39 is 12.1 Å². The van der Waals surface area contributed by atoms with Crippen LogP contribution in [0.1, 0.15) is 41.3 Å². The Morgan fingerprint density at radius 1 is 1.08 bits per heavy atom. The fourth-order valence-electron chi connectivity index (χ4n) is 4.71. The van der Waals surface area contributed by atoms with Gasteiger partial charge in [0.25, 0.3) is 5.91 Å². The smallest absolute Gasteiger partial charge is 0.251 e. The number of hydrogen-bond donors (Lipinski definition) is 4. The van der Waals surface area contributed by atoms with Gasteiger partial charge in [-0.1, -0.05) is 65.7 Å². The van der Waals surface area contributed by atoms with Crippen molar-refractivity contribution in [3.63, 3.8) is 0 Å². The first-order chi connectivity index (χ1) is 18.9. The molecule has 4 N–H and O–H groups in total. The van der Waals surface area contributed by atoms with Crippen molar-refractivity contribution in [1.29, 1.82) is 0 Å². The molecule has 9 heteroatoms. The summed E-state index contributed by atoms with van der Waals surface area (Å²) in [6, 6.07) is 20.0. The topological polar surface area (TPSA) is 93.7 Å². The van der Waals surface area contributed by atoms with Crippen molar-refractivity contribution in [1.82, 2.24) is 10.6 Å². The number of hydrogen-bond acceptors (Lipinski definition) is 5. The molecule has 2 amide bonds. The van der Waals surface area contributed by atoms with Crippen LogP contribution in [0.5, 0.6) is 0 Å². The lowest BCUT2D eigenvalue weighted by Gasteiger charge is -2.26. The van der Waals surface area contributed by atoms with Crippen molar-refractivity contribution in [2.45, 2.75) is 44.9 Å². The minimum atomic E-state index is -0.885. The summed E-state index contributed by atoms with van der Waals surface area (Å²) in [5.41, 5.74) is 3.70. The molecule has 0 saturated carbocycles. The van der Waals surface area contributed by atoms with E-state index in [1.807, 2.05) is 55.5 Å². The molecule has 2 atom stereocenters. The summed E-state index contributed by atoms with van der Waals surface area (Å²) in [7, 11) is 0. The minimum absolute atomic E-state index is 0.0539. The quantitative estimate of drug-likeness (QED) is 0.245. The van der Waals surface area contributed by atoms with Crippen LogP contribution >= 0.6 is 23.2 Å². The first kappa shape index (κ1) is 28.9. The largest absolute Gasteiger partial charge is 0.390 e. The second-order valence-electron chi connectivity index (χ2n) is 9.63. The number of anilines is 2. The number of benzene rings is 3. The molecule has 1 saturated heterocycles. The first-order valence-corrected chi connectivity index (χ1v) is 14.0. The van der Waals surface area contributed by atoms with E-state index in [0.29, 0.717) is 53.8 Å². The van der Waals surface area contributed by atoms with Gasteiger partial charge in [0.15, 0.2) is 0 Å². The molecule has 7 nitrogen and oxygen atoms in total. The van der Waals surface area contributed by atoms with E-state index in [0.717, 1.165) is 23.2 Å². The van der Waals surface area contributed by atoms with Crippen molar-refractivity contribution in [2.75, 3.05) is 29.9 Å². The molecule has 0 aromatic heterocycles. The number of nitrogens with zero attached hydrogens (tertiary/aromatic N) is 1. The number of amides is 2. The summed E-state index contributed by atoms with van der Waals surface area (Å²) in [4.78, 5) is 27.6. The van der Waals surface area contributed by atoms with Crippen LogP contribution in [0.2, 0.25) is 10.0 Å². The van der Waals surface area contributed by atoms with Gasteiger partial charge in [-0.3, -0.25) is 9.59 Å². The molecule has 0 radical (unpaired) electrons. The van der Waals surface area contributed by atoms with Gasteiger partial charge < -0.3 is 26.0 Å². The van der Waals surface area contributed by atoms with E-state index in [9.17, 15) is 14.7 Å². The fourth-order valence-corrected chi connectivity index (χ4v) is 5.10. The van der Waals surface area contributed by atoms with Gasteiger partial charge in [0, 0.05) is 49.5 Å². The summed E-state index contributed by atoms with van der Waals surface area (Å²) in [5, 5.41) is 21.6. The van der Waals surface area contributed by atoms with Gasteiger partial charge in [-0.05, 0) is 55.2 Å². The van der Waals surface area contributed by atoms with E-state index in [1.54, 1.807) is 23.1 Å². The Morgan fingerprint density at radius 3 is 2.59 bits per heavy atom. The molecule has 1 heterocycles. The molecule has 1 aliphatic heterocycles. The molecule has 0 unspecified atom stereocenters. The normalized spacial score (nSPS) is 14.8. The third kappa shape index (κ3) is 7.73. The van der Waals surface area contributed by atoms with Crippen LogP contribution in [0.4, 0.5) is 11.4 Å². The third-order valence-electron chi connectivity index (χ3n) is 6.73. The van der Waals surface area contributed by atoms with E-state index in [2.05, 4.69) is 16.0 Å². The Labute approximate surface area is 239 Å². The van der Waals surface area contributed by atoms with Crippen LogP contribution in [0, 0.1) is 0 Å². The number of aliphatic hydroxyl groups excluding tert-OH is 1. The lowest BCUT2D eigenvalue weighted by molar-refractivity contribution is -0.117. The maximum Gasteiger partial charge on any atom is 0.251 e. The minimum Gasteiger partial charge on any atom is -0.390 e. The van der Waals surface area contributed by atoms with Crippen molar-refractivity contribution in [3.05, 3.63) is 93.5 Å². The van der Waals surface area contributed by atoms with Gasteiger partial charge in [-0.2, -0.15) is 0 Å². The molecule has 206 valence electrons. The Hall–Kier alpha value is -3.10. The zero-order chi connectivity index (χ0) is 27.8. The molecule has 0 bridgehead atoms. The highest BCUT2D eigenvalue weighted by Crippen LogP contribution is 2.27. The molecule has 0 aliphatic carbocycles. The van der Waals surface area contributed by atoms with Crippen molar-refractivity contribution in [3.8, 4) is 0 Å². The summed E-state index contributed by atoms with van der Waals surface area (Å²) in [5.74, 6) is -0.265. The molecular formula is C30H34Cl2N4O3. The van der Waals surface area contributed by atoms with Crippen LogP contribution in [0.25, 0.3) is 0 Å². The van der Waals surface area contributed by atoms with E-state index in [4.69, 9.17) is 23.2 Å². The number of carbonyl (C=O) groups is 2. The van der Waals surface area contributed by atoms with E-state index in [1.165, 1.54) is 0 Å². The molecular weight excluding hydrogens is 535 g/mol. The third-order valence-corrected chi connectivity index (χ3v) is 7.58. The highest BCUT2D eigenvalue weighted by atomic mass is 35.5. The summed E-state index contributed by atoms with van der Waals surface area (Å²) < 4.78 is 0. The number of rotatable bonds is 12. The Morgan fingerprint density at radius 2 is 1.87 bits per heavy atom. The summed E-state index contributed by atoms with van der Waals surface area (Å²) in [6.45, 7) is 3.93. The average Bonchev–Trinajstić information content (AvgIpc) is 3.37. The van der Waals surface area contributed by atoms with Gasteiger partial charge in [0.1, 0.15) is 0 Å². The second-order valence-corrected chi connectivity index (χ2v) is 10.4. The van der Waals surface area contributed by atoms with Crippen LogP contribution in [-0.2, 0) is 17.8 Å². The van der Waals surface area contributed by atoms with Gasteiger partial charge in [0.2, 0.25) is 5.91 Å². The Kier molecular flexibility index (Phi) is 10.2. The predicted molar refractivity (Wildman–Crippen MR) is 158 cm³/mol. The maximum absolute atomic E-state index is 13.5. The van der Waals surface area contributed by atoms with Crippen molar-refractivity contribution in [2.24, 2.45) is 0 Å². The van der Waals surface area contributed by atoms with Crippen LogP contribution < -0.4 is 20.9 Å². The standard InChI is InChI=1S/C30H34Cl2N4O3/c1-2-34-23-15-22(16-24(17-23)36-13-7-12-28(36)38)30(39)35-26(14-20-8-4-3-5-9-20)27(37)19-33-18-21-10-6-11-25(31)29(21)32/h3-6,8-11,15-17,26-27,33-34,37H,2,7,12-14,18-19H2,1H3,(H,35,39)/t26-,27+/m0/s1. The van der Waals surface area contributed by atoms with Gasteiger partial charge in [-0.25, -0.2) is 0 Å².